The van der Waals surface area contributed by atoms with Gasteiger partial charge in [-0.3, -0.25) is 4.79 Å². The Labute approximate surface area is 133 Å². The number of nitrogens with one attached hydrogen (secondary N) is 1. The van der Waals surface area contributed by atoms with Gasteiger partial charge in [-0.25, -0.2) is 4.98 Å². The molecule has 0 saturated carbocycles. The highest BCUT2D eigenvalue weighted by atomic mass is 35.5. The van der Waals surface area contributed by atoms with E-state index < -0.39 is 0 Å². The van der Waals surface area contributed by atoms with Crippen LogP contribution in [-0.4, -0.2) is 24.1 Å². The minimum absolute atomic E-state index is 0.292. The van der Waals surface area contributed by atoms with Crippen LogP contribution in [0.4, 0.5) is 5.82 Å². The average molecular weight is 319 g/mol. The number of amides is 1. The van der Waals surface area contributed by atoms with Gasteiger partial charge in [0.1, 0.15) is 5.82 Å². The van der Waals surface area contributed by atoms with Crippen molar-refractivity contribution >= 4 is 23.3 Å². The number of aryl methyl sites for hydroxylation is 1. The fourth-order valence-corrected chi connectivity index (χ4v) is 2.42. The summed E-state index contributed by atoms with van der Waals surface area (Å²) in [7, 11) is 0. The lowest BCUT2D eigenvalue weighted by Crippen LogP contribution is -2.14. The number of halogens is 1. The molecule has 114 valence electrons. The van der Waals surface area contributed by atoms with Crippen molar-refractivity contribution in [2.75, 3.05) is 18.5 Å². The van der Waals surface area contributed by atoms with Crippen LogP contribution in [0.2, 0.25) is 5.02 Å². The summed E-state index contributed by atoms with van der Waals surface area (Å²) in [6.07, 6.45) is 2.41. The molecular formula is C16H15ClN2O3. The largest absolute Gasteiger partial charge is 0.489 e. The van der Waals surface area contributed by atoms with Gasteiger partial charge in [-0.1, -0.05) is 17.7 Å². The predicted molar refractivity (Wildman–Crippen MR) is 84.0 cm³/mol. The molecule has 0 aliphatic carbocycles. The number of fused-ring (bicyclic) bond motifs is 1. The Balaban J connectivity index is 1.88. The molecule has 22 heavy (non-hydrogen) atoms. The Morgan fingerprint density at radius 3 is 2.95 bits per heavy atom. The fourth-order valence-electron chi connectivity index (χ4n) is 2.16. The normalized spacial score (nSPS) is 13.4. The first-order valence-corrected chi connectivity index (χ1v) is 7.35. The molecule has 0 unspecified atom stereocenters. The van der Waals surface area contributed by atoms with Crippen LogP contribution in [0, 0.1) is 6.92 Å². The van der Waals surface area contributed by atoms with Gasteiger partial charge in [0.05, 0.1) is 18.2 Å². The number of carbonyl (C=O) groups is 1. The van der Waals surface area contributed by atoms with E-state index in [1.807, 2.05) is 19.1 Å². The second-order valence-electron chi connectivity index (χ2n) is 4.96. The highest BCUT2D eigenvalue weighted by Crippen LogP contribution is 2.38. The van der Waals surface area contributed by atoms with Gasteiger partial charge in [0.25, 0.3) is 5.91 Å². The Morgan fingerprint density at radius 1 is 1.32 bits per heavy atom. The highest BCUT2D eigenvalue weighted by Gasteiger charge is 2.19. The van der Waals surface area contributed by atoms with Crippen molar-refractivity contribution in [3.05, 3.63) is 46.6 Å². The number of benzene rings is 1. The first-order chi connectivity index (χ1) is 10.6. The van der Waals surface area contributed by atoms with Gasteiger partial charge in [0.2, 0.25) is 0 Å². The maximum Gasteiger partial charge on any atom is 0.257 e. The molecule has 0 bridgehead atoms. The number of pyridine rings is 1. The maximum atomic E-state index is 12.4. The number of carbonyl (C=O) groups excluding carboxylic acids is 1. The molecule has 1 aliphatic heterocycles. The van der Waals surface area contributed by atoms with E-state index in [1.54, 1.807) is 18.3 Å². The molecule has 2 heterocycles. The van der Waals surface area contributed by atoms with Crippen LogP contribution in [0.25, 0.3) is 0 Å². The van der Waals surface area contributed by atoms with Gasteiger partial charge in [0, 0.05) is 18.2 Å². The minimum atomic E-state index is -0.292. The summed E-state index contributed by atoms with van der Waals surface area (Å²) in [5.41, 5.74) is 1.29. The first-order valence-electron chi connectivity index (χ1n) is 6.97. The second kappa shape index (κ2) is 6.23. The van der Waals surface area contributed by atoms with Gasteiger partial charge in [-0.2, -0.15) is 0 Å². The highest BCUT2D eigenvalue weighted by molar-refractivity contribution is 6.32. The van der Waals surface area contributed by atoms with Gasteiger partial charge in [-0.15, -0.1) is 0 Å². The number of hydrogen-bond acceptors (Lipinski definition) is 4. The molecule has 1 aromatic heterocycles. The monoisotopic (exact) mass is 318 g/mol. The van der Waals surface area contributed by atoms with Crippen molar-refractivity contribution in [3.8, 4) is 11.5 Å². The van der Waals surface area contributed by atoms with E-state index >= 15 is 0 Å². The third kappa shape index (κ3) is 2.99. The Bertz CT molecular complexity index is 719. The molecule has 0 atom stereocenters. The zero-order chi connectivity index (χ0) is 15.5. The Kier molecular flexibility index (Phi) is 4.15. The van der Waals surface area contributed by atoms with Crippen LogP contribution in [-0.2, 0) is 0 Å². The van der Waals surface area contributed by atoms with Gasteiger partial charge in [0.15, 0.2) is 11.5 Å². The van der Waals surface area contributed by atoms with Gasteiger partial charge >= 0.3 is 0 Å². The Morgan fingerprint density at radius 2 is 2.14 bits per heavy atom. The number of rotatable bonds is 2. The summed E-state index contributed by atoms with van der Waals surface area (Å²) in [5.74, 6) is 1.22. The summed E-state index contributed by atoms with van der Waals surface area (Å²) >= 11 is 6.20. The summed E-state index contributed by atoms with van der Waals surface area (Å²) in [5, 5.41) is 3.13. The molecule has 0 radical (unpaired) electrons. The summed E-state index contributed by atoms with van der Waals surface area (Å²) in [6, 6.07) is 6.90. The molecule has 1 N–H and O–H groups in total. The molecule has 1 aliphatic rings. The van der Waals surface area contributed by atoms with Crippen molar-refractivity contribution in [3.63, 3.8) is 0 Å². The van der Waals surface area contributed by atoms with Crippen LogP contribution in [0.3, 0.4) is 0 Å². The lowest BCUT2D eigenvalue weighted by atomic mass is 10.1. The maximum absolute atomic E-state index is 12.4. The predicted octanol–water partition coefficient (Wildman–Crippen LogP) is 3.46. The third-order valence-corrected chi connectivity index (χ3v) is 3.59. The third-order valence-electron chi connectivity index (χ3n) is 3.31. The molecular weight excluding hydrogens is 304 g/mol. The summed E-state index contributed by atoms with van der Waals surface area (Å²) in [6.45, 7) is 2.96. The van der Waals surface area contributed by atoms with Crippen LogP contribution in [0.5, 0.6) is 11.5 Å². The van der Waals surface area contributed by atoms with Crippen LogP contribution < -0.4 is 14.8 Å². The quantitative estimate of drug-likeness (QED) is 0.921. The van der Waals surface area contributed by atoms with E-state index in [9.17, 15) is 4.79 Å². The number of anilines is 1. The minimum Gasteiger partial charge on any atom is -0.489 e. The smallest absolute Gasteiger partial charge is 0.257 e. The van der Waals surface area contributed by atoms with Crippen LogP contribution in [0.15, 0.2) is 30.5 Å². The van der Waals surface area contributed by atoms with Crippen molar-refractivity contribution in [2.24, 2.45) is 0 Å². The molecule has 6 heteroatoms. The lowest BCUT2D eigenvalue weighted by Gasteiger charge is -2.12. The van der Waals surface area contributed by atoms with Crippen molar-refractivity contribution in [1.29, 1.82) is 0 Å². The molecule has 1 amide bonds. The molecule has 2 aromatic rings. The number of hydrogen-bond donors (Lipinski definition) is 1. The average Bonchev–Trinajstić information content (AvgIpc) is 2.75. The molecule has 0 saturated heterocycles. The molecule has 0 spiro atoms. The molecule has 5 nitrogen and oxygen atoms in total. The second-order valence-corrected chi connectivity index (χ2v) is 5.37. The summed E-state index contributed by atoms with van der Waals surface area (Å²) < 4.78 is 11.1. The zero-order valence-electron chi connectivity index (χ0n) is 12.1. The topological polar surface area (TPSA) is 60.5 Å². The van der Waals surface area contributed by atoms with E-state index in [4.69, 9.17) is 21.1 Å². The zero-order valence-corrected chi connectivity index (χ0v) is 12.8. The van der Waals surface area contributed by atoms with E-state index in [2.05, 4.69) is 10.3 Å². The molecule has 3 rings (SSSR count). The summed E-state index contributed by atoms with van der Waals surface area (Å²) in [4.78, 5) is 16.5. The van der Waals surface area contributed by atoms with Crippen molar-refractivity contribution in [2.45, 2.75) is 13.3 Å². The number of aromatic nitrogens is 1. The van der Waals surface area contributed by atoms with Crippen molar-refractivity contribution in [1.82, 2.24) is 4.98 Å². The molecule has 1 aromatic carbocycles. The standard InChI is InChI=1S/C16H15ClN2O3/c1-10-4-2-5-18-15(10)19-16(20)11-8-12(17)14-13(9-11)21-6-3-7-22-14/h2,4-5,8-9H,3,6-7H2,1H3,(H,18,19,20). The van der Waals surface area contributed by atoms with Gasteiger partial charge in [-0.05, 0) is 30.7 Å². The number of nitrogens with zero attached hydrogens (tertiary/aromatic N) is 1. The van der Waals surface area contributed by atoms with Crippen LogP contribution >= 0.6 is 11.6 Å². The lowest BCUT2D eigenvalue weighted by molar-refractivity contribution is 0.102. The van der Waals surface area contributed by atoms with E-state index in [0.29, 0.717) is 41.1 Å². The Hall–Kier alpha value is -2.27. The first kappa shape index (κ1) is 14.7. The SMILES string of the molecule is Cc1cccnc1NC(=O)c1cc(Cl)c2c(c1)OCCCO2. The van der Waals surface area contributed by atoms with E-state index in [-0.39, 0.29) is 5.91 Å². The number of ether oxygens (including phenoxy) is 2. The fraction of sp³-hybridized carbons (Fsp3) is 0.250. The van der Waals surface area contributed by atoms with Gasteiger partial charge < -0.3 is 14.8 Å². The van der Waals surface area contributed by atoms with E-state index in [0.717, 1.165) is 12.0 Å². The van der Waals surface area contributed by atoms with Crippen LogP contribution in [0.1, 0.15) is 22.3 Å². The molecule has 0 fully saturated rings. The van der Waals surface area contributed by atoms with Crippen molar-refractivity contribution < 1.29 is 14.3 Å². The van der Waals surface area contributed by atoms with E-state index in [1.165, 1.54) is 0 Å².